The second-order valence-corrected chi connectivity index (χ2v) is 6.79. The molecule has 32 heavy (non-hydrogen) atoms. The topological polar surface area (TPSA) is 102 Å². The first-order valence-electron chi connectivity index (χ1n) is 9.92. The van der Waals surface area contributed by atoms with Gasteiger partial charge >= 0.3 is 0 Å². The van der Waals surface area contributed by atoms with Crippen LogP contribution in [0, 0.1) is 10.1 Å². The number of benzene rings is 2. The van der Waals surface area contributed by atoms with Gasteiger partial charge in [0.15, 0.2) is 5.96 Å². The number of hydrogen-bond donors (Lipinski definition) is 2. The van der Waals surface area contributed by atoms with Crippen LogP contribution in [0.3, 0.4) is 0 Å². The van der Waals surface area contributed by atoms with E-state index in [1.807, 2.05) is 42.5 Å². The third-order valence-electron chi connectivity index (χ3n) is 4.59. The molecule has 0 aliphatic rings. The Morgan fingerprint density at radius 3 is 2.38 bits per heavy atom. The molecule has 2 N–H and O–H groups in total. The van der Waals surface area contributed by atoms with Crippen LogP contribution in [0.1, 0.15) is 16.8 Å². The summed E-state index contributed by atoms with van der Waals surface area (Å²) in [6.45, 7) is 1.67. The largest absolute Gasteiger partial charge is 0.497 e. The Balaban J connectivity index is 0.00000363. The van der Waals surface area contributed by atoms with Crippen LogP contribution < -0.4 is 15.4 Å². The zero-order valence-corrected chi connectivity index (χ0v) is 20.1. The van der Waals surface area contributed by atoms with Crippen LogP contribution in [0.2, 0.25) is 0 Å². The van der Waals surface area contributed by atoms with Gasteiger partial charge in [-0.1, -0.05) is 30.3 Å². The predicted molar refractivity (Wildman–Crippen MR) is 135 cm³/mol. The lowest BCUT2D eigenvalue weighted by Gasteiger charge is -2.13. The summed E-state index contributed by atoms with van der Waals surface area (Å²) in [4.78, 5) is 19.4. The van der Waals surface area contributed by atoms with E-state index in [9.17, 15) is 10.1 Å². The maximum Gasteiger partial charge on any atom is 0.269 e. The van der Waals surface area contributed by atoms with Crippen molar-refractivity contribution in [1.29, 1.82) is 0 Å². The quantitative estimate of drug-likeness (QED) is 0.138. The lowest BCUT2D eigenvalue weighted by Crippen LogP contribution is -2.38. The number of pyridine rings is 1. The van der Waals surface area contributed by atoms with Crippen molar-refractivity contribution in [3.8, 4) is 5.75 Å². The second-order valence-electron chi connectivity index (χ2n) is 6.79. The fourth-order valence-corrected chi connectivity index (χ4v) is 2.85. The van der Waals surface area contributed by atoms with E-state index in [1.165, 1.54) is 12.1 Å². The summed E-state index contributed by atoms with van der Waals surface area (Å²) in [6, 6.07) is 20.1. The van der Waals surface area contributed by atoms with Gasteiger partial charge in [-0.2, -0.15) is 0 Å². The molecule has 1 heterocycles. The van der Waals surface area contributed by atoms with E-state index in [0.717, 1.165) is 29.0 Å². The smallest absolute Gasteiger partial charge is 0.269 e. The molecule has 0 bridgehead atoms. The summed E-state index contributed by atoms with van der Waals surface area (Å²) >= 11 is 0. The van der Waals surface area contributed by atoms with E-state index in [0.29, 0.717) is 25.6 Å². The van der Waals surface area contributed by atoms with Crippen molar-refractivity contribution in [3.63, 3.8) is 0 Å². The van der Waals surface area contributed by atoms with Gasteiger partial charge in [0.25, 0.3) is 5.69 Å². The number of aromatic nitrogens is 1. The number of nitro benzene ring substituents is 1. The molecule has 0 saturated carbocycles. The highest BCUT2D eigenvalue weighted by Crippen LogP contribution is 2.13. The molecule has 0 aliphatic carbocycles. The molecule has 0 radical (unpaired) electrons. The van der Waals surface area contributed by atoms with Gasteiger partial charge in [0.2, 0.25) is 0 Å². The SMILES string of the molecule is COc1ccc(CN=C(NCCc2ccccn2)NCc2ccc([N+](=O)[O-])cc2)cc1.I. The van der Waals surface area contributed by atoms with Gasteiger partial charge in [-0.15, -0.1) is 24.0 Å². The number of hydrogen-bond acceptors (Lipinski definition) is 5. The zero-order valence-electron chi connectivity index (χ0n) is 17.7. The molecule has 3 rings (SSSR count). The standard InChI is InChI=1S/C23H25N5O3.HI/c1-31-22-11-7-19(8-12-22)17-27-23(25-15-13-20-4-2-3-14-24-20)26-16-18-5-9-21(10-6-18)28(29)30;/h2-12,14H,13,15-17H2,1H3,(H2,25,26,27);1H. The Hall–Kier alpha value is -3.21. The van der Waals surface area contributed by atoms with E-state index in [4.69, 9.17) is 4.74 Å². The zero-order chi connectivity index (χ0) is 21.9. The molecule has 3 aromatic rings. The molecule has 1 aromatic heterocycles. The Morgan fingerprint density at radius 2 is 1.75 bits per heavy atom. The Kier molecular flexibility index (Phi) is 10.4. The van der Waals surface area contributed by atoms with E-state index >= 15 is 0 Å². The Labute approximate surface area is 204 Å². The van der Waals surface area contributed by atoms with Crippen molar-refractivity contribution in [2.45, 2.75) is 19.5 Å². The summed E-state index contributed by atoms with van der Waals surface area (Å²) in [7, 11) is 1.64. The average Bonchev–Trinajstić information content (AvgIpc) is 2.81. The van der Waals surface area contributed by atoms with Gasteiger partial charge in [-0.05, 0) is 35.4 Å². The third-order valence-corrected chi connectivity index (χ3v) is 4.59. The van der Waals surface area contributed by atoms with Crippen LogP contribution in [0.5, 0.6) is 5.75 Å². The minimum Gasteiger partial charge on any atom is -0.497 e. The number of nitrogens with one attached hydrogen (secondary N) is 2. The summed E-state index contributed by atoms with van der Waals surface area (Å²) < 4.78 is 5.19. The fraction of sp³-hybridized carbons (Fsp3) is 0.217. The summed E-state index contributed by atoms with van der Waals surface area (Å²) in [6.07, 6.45) is 2.54. The molecule has 0 amide bonds. The van der Waals surface area contributed by atoms with E-state index < -0.39 is 4.92 Å². The lowest BCUT2D eigenvalue weighted by atomic mass is 10.2. The van der Waals surface area contributed by atoms with Crippen molar-refractivity contribution in [2.75, 3.05) is 13.7 Å². The van der Waals surface area contributed by atoms with Crippen molar-refractivity contribution in [3.05, 3.63) is 99.9 Å². The van der Waals surface area contributed by atoms with Crippen LogP contribution in [-0.2, 0) is 19.5 Å². The highest BCUT2D eigenvalue weighted by atomic mass is 127. The molecule has 8 nitrogen and oxygen atoms in total. The number of halogens is 1. The number of guanidine groups is 1. The van der Waals surface area contributed by atoms with E-state index in [-0.39, 0.29) is 29.7 Å². The first-order chi connectivity index (χ1) is 15.1. The average molecular weight is 547 g/mol. The molecular weight excluding hydrogens is 521 g/mol. The van der Waals surface area contributed by atoms with Gasteiger partial charge in [-0.25, -0.2) is 4.99 Å². The highest BCUT2D eigenvalue weighted by molar-refractivity contribution is 14.0. The second kappa shape index (κ2) is 13.3. The molecule has 0 spiro atoms. The van der Waals surface area contributed by atoms with E-state index in [1.54, 1.807) is 25.4 Å². The number of nitrogens with zero attached hydrogens (tertiary/aromatic N) is 3. The molecule has 0 unspecified atom stereocenters. The first-order valence-corrected chi connectivity index (χ1v) is 9.92. The summed E-state index contributed by atoms with van der Waals surface area (Å²) in [5.74, 6) is 1.46. The molecule has 0 aliphatic heterocycles. The van der Waals surface area contributed by atoms with Gasteiger partial charge in [0.05, 0.1) is 18.6 Å². The van der Waals surface area contributed by atoms with Gasteiger partial charge in [0, 0.05) is 43.5 Å². The van der Waals surface area contributed by atoms with Crippen LogP contribution in [-0.4, -0.2) is 29.5 Å². The number of aliphatic imine (C=N–C) groups is 1. The van der Waals surface area contributed by atoms with E-state index in [2.05, 4.69) is 20.6 Å². The number of non-ortho nitro benzene ring substituents is 1. The fourth-order valence-electron chi connectivity index (χ4n) is 2.85. The molecule has 9 heteroatoms. The number of methoxy groups -OCH3 is 1. The van der Waals surface area contributed by atoms with Gasteiger partial charge in [0.1, 0.15) is 5.75 Å². The predicted octanol–water partition coefficient (Wildman–Crippen LogP) is 4.09. The molecule has 0 fully saturated rings. The van der Waals surface area contributed by atoms with Crippen LogP contribution >= 0.6 is 24.0 Å². The molecule has 2 aromatic carbocycles. The van der Waals surface area contributed by atoms with Crippen LogP contribution in [0.4, 0.5) is 5.69 Å². The van der Waals surface area contributed by atoms with Crippen molar-refractivity contribution in [1.82, 2.24) is 15.6 Å². The highest BCUT2D eigenvalue weighted by Gasteiger charge is 2.05. The number of nitro groups is 1. The first kappa shape index (κ1) is 25.1. The van der Waals surface area contributed by atoms with Crippen molar-refractivity contribution in [2.24, 2.45) is 4.99 Å². The maximum absolute atomic E-state index is 10.8. The molecule has 168 valence electrons. The molecule has 0 saturated heterocycles. The monoisotopic (exact) mass is 547 g/mol. The van der Waals surface area contributed by atoms with Crippen molar-refractivity contribution < 1.29 is 9.66 Å². The van der Waals surface area contributed by atoms with Crippen LogP contribution in [0.25, 0.3) is 0 Å². The third kappa shape index (κ3) is 8.14. The lowest BCUT2D eigenvalue weighted by molar-refractivity contribution is -0.384. The minimum absolute atomic E-state index is 0. The van der Waals surface area contributed by atoms with Gasteiger partial charge in [-0.3, -0.25) is 15.1 Å². The minimum atomic E-state index is -0.405. The Morgan fingerprint density at radius 1 is 1.03 bits per heavy atom. The number of ether oxygens (including phenoxy) is 1. The summed E-state index contributed by atoms with van der Waals surface area (Å²) in [5.41, 5.74) is 3.06. The molecule has 0 atom stereocenters. The van der Waals surface area contributed by atoms with Gasteiger partial charge < -0.3 is 15.4 Å². The maximum atomic E-state index is 10.8. The normalized spacial score (nSPS) is 10.7. The van der Waals surface area contributed by atoms with Crippen molar-refractivity contribution >= 4 is 35.6 Å². The summed E-state index contributed by atoms with van der Waals surface area (Å²) in [5, 5.41) is 17.4. The van der Waals surface area contributed by atoms with Crippen LogP contribution in [0.15, 0.2) is 77.9 Å². The molecular formula is C23H26IN5O3. The number of rotatable bonds is 9. The Bertz CT molecular complexity index is 996.